The SMILES string of the molecule is CCNC(=O)NC(=O)[C@H](C)OC(=O)Cn1cnc2c1c(=O)n(C)c(=O)n2C. The van der Waals surface area contributed by atoms with E-state index in [0.29, 0.717) is 6.54 Å². The van der Waals surface area contributed by atoms with Crippen molar-refractivity contribution in [2.24, 2.45) is 14.1 Å². The third-order valence-corrected chi connectivity index (χ3v) is 3.77. The third-order valence-electron chi connectivity index (χ3n) is 3.77. The first-order valence-corrected chi connectivity index (χ1v) is 8.06. The van der Waals surface area contributed by atoms with E-state index in [9.17, 15) is 24.0 Å². The van der Waals surface area contributed by atoms with Crippen LogP contribution in [0.3, 0.4) is 0 Å². The molecule has 2 rings (SSSR count). The van der Waals surface area contributed by atoms with Crippen LogP contribution in [0.4, 0.5) is 4.79 Å². The van der Waals surface area contributed by atoms with Crippen LogP contribution in [0.25, 0.3) is 11.2 Å². The van der Waals surface area contributed by atoms with E-state index >= 15 is 0 Å². The van der Waals surface area contributed by atoms with Crippen molar-refractivity contribution >= 4 is 29.1 Å². The van der Waals surface area contributed by atoms with Gasteiger partial charge in [0.25, 0.3) is 11.5 Å². The summed E-state index contributed by atoms with van der Waals surface area (Å²) in [4.78, 5) is 63.4. The van der Waals surface area contributed by atoms with Gasteiger partial charge in [0.1, 0.15) is 6.54 Å². The van der Waals surface area contributed by atoms with E-state index in [2.05, 4.69) is 10.3 Å². The van der Waals surface area contributed by atoms with Crippen LogP contribution in [0.1, 0.15) is 13.8 Å². The van der Waals surface area contributed by atoms with Crippen LogP contribution in [0.5, 0.6) is 0 Å². The number of aromatic nitrogens is 4. The van der Waals surface area contributed by atoms with E-state index in [-0.39, 0.29) is 11.2 Å². The Balaban J connectivity index is 2.15. The summed E-state index contributed by atoms with van der Waals surface area (Å²) in [6.45, 7) is 2.92. The molecule has 0 fully saturated rings. The van der Waals surface area contributed by atoms with Crippen LogP contribution in [0.2, 0.25) is 0 Å². The summed E-state index contributed by atoms with van der Waals surface area (Å²) >= 11 is 0. The summed E-state index contributed by atoms with van der Waals surface area (Å²) in [7, 11) is 2.76. The summed E-state index contributed by atoms with van der Waals surface area (Å²) < 4.78 is 8.29. The zero-order valence-electron chi connectivity index (χ0n) is 15.3. The third kappa shape index (κ3) is 4.04. The molecule has 2 aromatic rings. The van der Waals surface area contributed by atoms with Crippen LogP contribution in [-0.2, 0) is 35.0 Å². The first-order chi connectivity index (χ1) is 12.7. The molecule has 0 aliphatic rings. The Morgan fingerprint density at radius 2 is 1.89 bits per heavy atom. The molecule has 2 heterocycles. The van der Waals surface area contributed by atoms with Crippen molar-refractivity contribution in [1.82, 2.24) is 29.3 Å². The molecule has 0 saturated heterocycles. The van der Waals surface area contributed by atoms with Gasteiger partial charge in [-0.3, -0.25) is 28.8 Å². The number of esters is 1. The molecule has 0 spiro atoms. The van der Waals surface area contributed by atoms with Crippen LogP contribution in [0, 0.1) is 0 Å². The summed E-state index contributed by atoms with van der Waals surface area (Å²) in [6, 6.07) is -0.699. The monoisotopic (exact) mass is 380 g/mol. The maximum Gasteiger partial charge on any atom is 0.332 e. The Morgan fingerprint density at radius 3 is 2.52 bits per heavy atom. The van der Waals surface area contributed by atoms with Crippen molar-refractivity contribution in [3.05, 3.63) is 27.2 Å². The molecule has 0 unspecified atom stereocenters. The number of aryl methyl sites for hydroxylation is 1. The highest BCUT2D eigenvalue weighted by Crippen LogP contribution is 2.06. The van der Waals surface area contributed by atoms with Gasteiger partial charge in [-0.2, -0.15) is 0 Å². The number of ether oxygens (including phenoxy) is 1. The number of fused-ring (bicyclic) bond motifs is 1. The summed E-state index contributed by atoms with van der Waals surface area (Å²) in [5.74, 6) is -1.60. The molecule has 146 valence electrons. The first-order valence-electron chi connectivity index (χ1n) is 8.06. The molecule has 0 aliphatic heterocycles. The topological polar surface area (TPSA) is 146 Å². The minimum atomic E-state index is -1.22. The van der Waals surface area contributed by atoms with Gasteiger partial charge >= 0.3 is 17.7 Å². The van der Waals surface area contributed by atoms with Crippen LogP contribution >= 0.6 is 0 Å². The maximum atomic E-state index is 12.3. The predicted octanol–water partition coefficient (Wildman–Crippen LogP) is -1.79. The average molecular weight is 380 g/mol. The lowest BCUT2D eigenvalue weighted by Crippen LogP contribution is -2.44. The van der Waals surface area contributed by atoms with Gasteiger partial charge in [0.15, 0.2) is 17.3 Å². The number of urea groups is 1. The van der Waals surface area contributed by atoms with Gasteiger partial charge in [-0.25, -0.2) is 14.6 Å². The molecule has 0 aromatic carbocycles. The predicted molar refractivity (Wildman–Crippen MR) is 93.0 cm³/mol. The Hall–Kier alpha value is -3.44. The van der Waals surface area contributed by atoms with Crippen molar-refractivity contribution in [3.8, 4) is 0 Å². The lowest BCUT2D eigenvalue weighted by atomic mass is 10.4. The van der Waals surface area contributed by atoms with Crippen LogP contribution < -0.4 is 21.9 Å². The lowest BCUT2D eigenvalue weighted by molar-refractivity contribution is -0.155. The Morgan fingerprint density at radius 1 is 1.22 bits per heavy atom. The maximum absolute atomic E-state index is 12.3. The van der Waals surface area contributed by atoms with Crippen molar-refractivity contribution in [1.29, 1.82) is 0 Å². The summed E-state index contributed by atoms with van der Waals surface area (Å²) in [5, 5.41) is 4.40. The molecule has 3 amide bonds. The number of nitrogens with one attached hydrogen (secondary N) is 2. The molecular formula is C15H20N6O6. The van der Waals surface area contributed by atoms with Crippen LogP contribution in [0.15, 0.2) is 15.9 Å². The molecular weight excluding hydrogens is 360 g/mol. The van der Waals surface area contributed by atoms with Gasteiger partial charge in [-0.1, -0.05) is 0 Å². The minimum Gasteiger partial charge on any atom is -0.451 e. The highest BCUT2D eigenvalue weighted by molar-refractivity contribution is 5.97. The fourth-order valence-corrected chi connectivity index (χ4v) is 2.36. The molecule has 0 saturated carbocycles. The van der Waals surface area contributed by atoms with Gasteiger partial charge in [-0.15, -0.1) is 0 Å². The Kier molecular flexibility index (Phi) is 5.78. The van der Waals surface area contributed by atoms with Gasteiger partial charge < -0.3 is 14.6 Å². The quantitative estimate of drug-likeness (QED) is 0.583. The molecule has 0 aliphatic carbocycles. The number of carbonyl (C=O) groups excluding carboxylic acids is 3. The number of carbonyl (C=O) groups is 3. The molecule has 2 N–H and O–H groups in total. The number of amides is 3. The van der Waals surface area contributed by atoms with Gasteiger partial charge in [-0.05, 0) is 13.8 Å². The van der Waals surface area contributed by atoms with E-state index < -0.39 is 41.8 Å². The minimum absolute atomic E-state index is 0.0518. The number of imidazole rings is 1. The Labute approximate surface area is 152 Å². The first kappa shape index (κ1) is 19.9. The molecule has 12 nitrogen and oxygen atoms in total. The second-order valence-electron chi connectivity index (χ2n) is 5.73. The van der Waals surface area contributed by atoms with Gasteiger partial charge in [0.05, 0.1) is 6.33 Å². The number of hydrogen-bond acceptors (Lipinski definition) is 7. The standard InChI is InChI=1S/C15H20N6O6/c1-5-16-14(25)18-12(23)8(2)27-9(22)6-21-7-17-11-10(21)13(24)20(4)15(26)19(11)3/h7-8H,5-6H2,1-4H3,(H2,16,18,23,25)/t8-/m0/s1. The molecule has 27 heavy (non-hydrogen) atoms. The van der Waals surface area contributed by atoms with Gasteiger partial charge in [0.2, 0.25) is 0 Å². The van der Waals surface area contributed by atoms with E-state index in [4.69, 9.17) is 4.74 Å². The molecule has 0 radical (unpaired) electrons. The van der Waals surface area contributed by atoms with Crippen molar-refractivity contribution in [3.63, 3.8) is 0 Å². The second-order valence-corrected chi connectivity index (χ2v) is 5.73. The molecule has 12 heteroatoms. The number of imide groups is 1. The molecule has 0 bridgehead atoms. The number of hydrogen-bond donors (Lipinski definition) is 2. The van der Waals surface area contributed by atoms with Crippen molar-refractivity contribution < 1.29 is 19.1 Å². The largest absolute Gasteiger partial charge is 0.451 e. The number of nitrogens with zero attached hydrogens (tertiary/aromatic N) is 4. The van der Waals surface area contributed by atoms with Crippen molar-refractivity contribution in [2.75, 3.05) is 6.54 Å². The zero-order valence-corrected chi connectivity index (χ0v) is 15.3. The highest BCUT2D eigenvalue weighted by Gasteiger charge is 2.21. The van der Waals surface area contributed by atoms with Crippen molar-refractivity contribution in [2.45, 2.75) is 26.5 Å². The molecule has 1 atom stereocenters. The fraction of sp³-hybridized carbons (Fsp3) is 0.467. The normalized spacial score (nSPS) is 11.9. The van der Waals surface area contributed by atoms with E-state index in [0.717, 1.165) is 4.57 Å². The highest BCUT2D eigenvalue weighted by atomic mass is 16.5. The zero-order chi connectivity index (χ0) is 20.3. The average Bonchev–Trinajstić information content (AvgIpc) is 3.01. The van der Waals surface area contributed by atoms with E-state index in [1.165, 1.54) is 36.5 Å². The van der Waals surface area contributed by atoms with Crippen LogP contribution in [-0.4, -0.2) is 49.2 Å². The molecule has 2 aromatic heterocycles. The van der Waals surface area contributed by atoms with E-state index in [1.807, 2.05) is 5.32 Å². The van der Waals surface area contributed by atoms with E-state index in [1.54, 1.807) is 6.92 Å². The fourth-order valence-electron chi connectivity index (χ4n) is 2.36. The van der Waals surface area contributed by atoms with Gasteiger partial charge in [0, 0.05) is 20.6 Å². The number of rotatable bonds is 5. The summed E-state index contributed by atoms with van der Waals surface area (Å²) in [5.41, 5.74) is -0.981. The summed E-state index contributed by atoms with van der Waals surface area (Å²) in [6.07, 6.45) is 0.00808. The lowest BCUT2D eigenvalue weighted by Gasteiger charge is -2.13. The second kappa shape index (κ2) is 7.85. The smallest absolute Gasteiger partial charge is 0.332 e. The Bertz CT molecular complexity index is 1020.